The van der Waals surface area contributed by atoms with Crippen LogP contribution in [0.15, 0.2) is 0 Å². The monoisotopic (exact) mass is 240 g/mol. The molecule has 1 aliphatic carbocycles. The van der Waals surface area contributed by atoms with Gasteiger partial charge in [0.2, 0.25) is 0 Å². The van der Waals surface area contributed by atoms with Gasteiger partial charge in [-0.15, -0.1) is 11.3 Å². The van der Waals surface area contributed by atoms with Gasteiger partial charge in [0.1, 0.15) is 4.88 Å². The molecule has 0 radical (unpaired) electrons. The van der Waals surface area contributed by atoms with Crippen molar-refractivity contribution in [3.63, 3.8) is 0 Å². The van der Waals surface area contributed by atoms with Gasteiger partial charge in [0.05, 0.1) is 16.8 Å². The second-order valence-corrected chi connectivity index (χ2v) is 5.47. The number of hydrogen-bond donors (Lipinski definition) is 2. The lowest BCUT2D eigenvalue weighted by Crippen LogP contribution is -2.33. The van der Waals surface area contributed by atoms with E-state index in [1.807, 2.05) is 13.8 Å². The Morgan fingerprint density at radius 3 is 2.81 bits per heavy atom. The lowest BCUT2D eigenvalue weighted by atomic mass is 10.2. The molecule has 1 unspecified atom stereocenters. The minimum absolute atomic E-state index is 0.122. The molecule has 0 spiro atoms. The van der Waals surface area contributed by atoms with Gasteiger partial charge in [-0.3, -0.25) is 4.79 Å². The molecule has 1 saturated carbocycles. The molecule has 2 rings (SSSR count). The lowest BCUT2D eigenvalue weighted by Gasteiger charge is -2.09. The lowest BCUT2D eigenvalue weighted by molar-refractivity contribution is 0.0904. The van der Waals surface area contributed by atoms with Crippen molar-refractivity contribution in [2.24, 2.45) is 5.92 Å². The average molecular weight is 240 g/mol. The zero-order valence-corrected chi connectivity index (χ0v) is 10.3. The SMILES string of the molecule is Cc1nc(C)c(C(=O)NCC(O)C2CC2)s1. The Hall–Kier alpha value is -0.940. The fraction of sp³-hybridized carbons (Fsp3) is 0.636. The third-order valence-electron chi connectivity index (χ3n) is 2.75. The molecule has 1 amide bonds. The molecule has 1 heterocycles. The van der Waals surface area contributed by atoms with E-state index in [0.717, 1.165) is 23.5 Å². The summed E-state index contributed by atoms with van der Waals surface area (Å²) in [6.45, 7) is 4.06. The van der Waals surface area contributed by atoms with Crippen molar-refractivity contribution in [1.82, 2.24) is 10.3 Å². The molecule has 0 bridgehead atoms. The van der Waals surface area contributed by atoms with Crippen molar-refractivity contribution in [2.45, 2.75) is 32.8 Å². The number of carbonyl (C=O) groups is 1. The number of nitrogens with one attached hydrogen (secondary N) is 1. The molecule has 4 nitrogen and oxygen atoms in total. The quantitative estimate of drug-likeness (QED) is 0.833. The number of thiazole rings is 1. The number of aliphatic hydroxyl groups is 1. The first-order valence-electron chi connectivity index (χ1n) is 5.48. The van der Waals surface area contributed by atoms with Gasteiger partial charge in [0.15, 0.2) is 0 Å². The van der Waals surface area contributed by atoms with Crippen LogP contribution in [-0.4, -0.2) is 28.6 Å². The van der Waals surface area contributed by atoms with Gasteiger partial charge in [-0.1, -0.05) is 0 Å². The number of amides is 1. The Morgan fingerprint density at radius 1 is 1.62 bits per heavy atom. The highest BCUT2D eigenvalue weighted by Gasteiger charge is 2.29. The van der Waals surface area contributed by atoms with Crippen molar-refractivity contribution in [3.05, 3.63) is 15.6 Å². The van der Waals surface area contributed by atoms with Gasteiger partial charge < -0.3 is 10.4 Å². The summed E-state index contributed by atoms with van der Waals surface area (Å²) in [7, 11) is 0. The first kappa shape index (κ1) is 11.5. The van der Waals surface area contributed by atoms with Crippen molar-refractivity contribution in [1.29, 1.82) is 0 Å². The van der Waals surface area contributed by atoms with E-state index in [-0.39, 0.29) is 5.91 Å². The summed E-state index contributed by atoms with van der Waals surface area (Å²) in [5.74, 6) is 0.271. The molecule has 0 aliphatic heterocycles. The molecule has 1 atom stereocenters. The van der Waals surface area contributed by atoms with Gasteiger partial charge in [-0.2, -0.15) is 0 Å². The van der Waals surface area contributed by atoms with Crippen molar-refractivity contribution < 1.29 is 9.90 Å². The Morgan fingerprint density at radius 2 is 2.31 bits per heavy atom. The largest absolute Gasteiger partial charge is 0.391 e. The van der Waals surface area contributed by atoms with Crippen molar-refractivity contribution >= 4 is 17.2 Å². The van der Waals surface area contributed by atoms with Crippen LogP contribution in [0, 0.1) is 19.8 Å². The fourth-order valence-electron chi connectivity index (χ4n) is 1.67. The molecule has 2 N–H and O–H groups in total. The van der Waals surface area contributed by atoms with Gasteiger partial charge in [0, 0.05) is 6.54 Å². The van der Waals surface area contributed by atoms with Crippen LogP contribution in [0.3, 0.4) is 0 Å². The number of nitrogens with zero attached hydrogens (tertiary/aromatic N) is 1. The maximum absolute atomic E-state index is 11.8. The summed E-state index contributed by atoms with van der Waals surface area (Å²) < 4.78 is 0. The predicted octanol–water partition coefficient (Wildman–Crippen LogP) is 1.26. The first-order valence-corrected chi connectivity index (χ1v) is 6.30. The van der Waals surface area contributed by atoms with E-state index in [1.165, 1.54) is 11.3 Å². The second kappa shape index (κ2) is 4.51. The maximum atomic E-state index is 11.8. The minimum atomic E-state index is -0.390. The molecule has 0 saturated heterocycles. The smallest absolute Gasteiger partial charge is 0.263 e. The molecule has 1 aromatic rings. The van der Waals surface area contributed by atoms with Gasteiger partial charge >= 0.3 is 0 Å². The van der Waals surface area contributed by atoms with Crippen LogP contribution >= 0.6 is 11.3 Å². The maximum Gasteiger partial charge on any atom is 0.263 e. The van der Waals surface area contributed by atoms with Crippen molar-refractivity contribution in [2.75, 3.05) is 6.54 Å². The molecular formula is C11H16N2O2S. The number of aliphatic hydroxyl groups excluding tert-OH is 1. The van der Waals surface area contributed by atoms with Crippen molar-refractivity contribution in [3.8, 4) is 0 Å². The molecular weight excluding hydrogens is 224 g/mol. The Labute approximate surface area is 98.7 Å². The number of rotatable bonds is 4. The van der Waals surface area contributed by atoms with Crippen LogP contribution in [0.25, 0.3) is 0 Å². The van der Waals surface area contributed by atoms with Crippen LogP contribution in [0.2, 0.25) is 0 Å². The third kappa shape index (κ3) is 2.59. The highest BCUT2D eigenvalue weighted by atomic mass is 32.1. The number of aryl methyl sites for hydroxylation is 2. The fourth-order valence-corrected chi connectivity index (χ4v) is 2.50. The summed E-state index contributed by atoms with van der Waals surface area (Å²) >= 11 is 1.39. The van der Waals surface area contributed by atoms with E-state index in [0.29, 0.717) is 17.3 Å². The van der Waals surface area contributed by atoms with E-state index in [4.69, 9.17) is 0 Å². The number of aromatic nitrogens is 1. The highest BCUT2D eigenvalue weighted by molar-refractivity contribution is 7.13. The number of carbonyl (C=O) groups excluding carboxylic acids is 1. The molecule has 1 aliphatic rings. The van der Waals surface area contributed by atoms with Gasteiger partial charge in [-0.05, 0) is 32.6 Å². The van der Waals surface area contributed by atoms with Crippen LogP contribution in [0.4, 0.5) is 0 Å². The average Bonchev–Trinajstić information content (AvgIpc) is 3.01. The van der Waals surface area contributed by atoms with Gasteiger partial charge in [0.25, 0.3) is 5.91 Å². The predicted molar refractivity (Wildman–Crippen MR) is 62.7 cm³/mol. The summed E-state index contributed by atoms with van der Waals surface area (Å²) in [6, 6.07) is 0. The molecule has 1 aromatic heterocycles. The number of hydrogen-bond acceptors (Lipinski definition) is 4. The summed E-state index contributed by atoms with van der Waals surface area (Å²) in [4.78, 5) is 16.6. The normalized spacial score (nSPS) is 17.2. The van der Waals surface area contributed by atoms with Gasteiger partial charge in [-0.25, -0.2) is 4.98 Å². The molecule has 1 fully saturated rings. The van der Waals surface area contributed by atoms with Crippen LogP contribution in [0.5, 0.6) is 0 Å². The molecule has 16 heavy (non-hydrogen) atoms. The van der Waals surface area contributed by atoms with E-state index < -0.39 is 6.10 Å². The second-order valence-electron chi connectivity index (χ2n) is 4.26. The third-order valence-corrected chi connectivity index (χ3v) is 3.82. The molecule has 5 heteroatoms. The van der Waals surface area contributed by atoms with Crippen LogP contribution < -0.4 is 5.32 Å². The Kier molecular flexibility index (Phi) is 3.25. The standard InChI is InChI=1S/C11H16N2O2S/c1-6-10(16-7(2)13-6)11(15)12-5-9(14)8-3-4-8/h8-9,14H,3-5H2,1-2H3,(H,12,15). The summed E-state index contributed by atoms with van der Waals surface area (Å²) in [5.41, 5.74) is 0.765. The van der Waals surface area contributed by atoms with Crippen LogP contribution in [-0.2, 0) is 0 Å². The first-order chi connectivity index (χ1) is 7.58. The minimum Gasteiger partial charge on any atom is -0.391 e. The zero-order valence-electron chi connectivity index (χ0n) is 9.49. The van der Waals surface area contributed by atoms with E-state index in [1.54, 1.807) is 0 Å². The molecule has 88 valence electrons. The van der Waals surface area contributed by atoms with Crippen LogP contribution in [0.1, 0.15) is 33.2 Å². The Bertz CT molecular complexity index is 399. The van der Waals surface area contributed by atoms with E-state index in [9.17, 15) is 9.90 Å². The topological polar surface area (TPSA) is 62.2 Å². The zero-order chi connectivity index (χ0) is 11.7. The van der Waals surface area contributed by atoms with E-state index >= 15 is 0 Å². The summed E-state index contributed by atoms with van der Waals surface area (Å²) in [5, 5.41) is 13.3. The summed E-state index contributed by atoms with van der Waals surface area (Å²) in [6.07, 6.45) is 1.77. The van der Waals surface area contributed by atoms with E-state index in [2.05, 4.69) is 10.3 Å². The Balaban J connectivity index is 1.89. The molecule has 0 aromatic carbocycles. The highest BCUT2D eigenvalue weighted by Crippen LogP contribution is 2.32.